The number of phenolic OH excluding ortho intramolecular Hbond substituents is 3. The van der Waals surface area contributed by atoms with E-state index in [0.717, 1.165) is 39.3 Å². The number of anilines is 3. The molecule has 0 spiro atoms. The summed E-state index contributed by atoms with van der Waals surface area (Å²) >= 11 is 0. The van der Waals surface area contributed by atoms with Crippen LogP contribution in [0.1, 0.15) is 27.8 Å². The summed E-state index contributed by atoms with van der Waals surface area (Å²) in [5.74, 6) is 1.75. The molecule has 0 aliphatic carbocycles. The zero-order valence-corrected chi connectivity index (χ0v) is 20.0. The minimum Gasteiger partial charge on any atom is -0.508 e. The molecular weight excluding hydrogens is 426 g/mol. The second kappa shape index (κ2) is 9.02. The average molecular weight is 456 g/mol. The van der Waals surface area contributed by atoms with Crippen LogP contribution < -0.4 is 9.64 Å². The lowest BCUT2D eigenvalue weighted by Gasteiger charge is -2.32. The predicted octanol–water partition coefficient (Wildman–Crippen LogP) is 7.61. The van der Waals surface area contributed by atoms with Crippen molar-refractivity contribution < 1.29 is 20.1 Å². The van der Waals surface area contributed by atoms with Crippen LogP contribution in [0.2, 0.25) is 0 Å². The largest absolute Gasteiger partial charge is 0.508 e. The summed E-state index contributed by atoms with van der Waals surface area (Å²) in [7, 11) is 0. The van der Waals surface area contributed by atoms with Crippen LogP contribution in [0, 0.1) is 34.6 Å². The van der Waals surface area contributed by atoms with Crippen LogP contribution >= 0.6 is 0 Å². The van der Waals surface area contributed by atoms with Gasteiger partial charge >= 0.3 is 0 Å². The van der Waals surface area contributed by atoms with Gasteiger partial charge in [-0.25, -0.2) is 0 Å². The Labute approximate surface area is 200 Å². The van der Waals surface area contributed by atoms with E-state index in [-0.39, 0.29) is 17.2 Å². The predicted molar refractivity (Wildman–Crippen MR) is 136 cm³/mol. The molecule has 0 saturated heterocycles. The van der Waals surface area contributed by atoms with E-state index in [1.165, 1.54) is 0 Å². The molecule has 0 aliphatic rings. The highest BCUT2D eigenvalue weighted by Crippen LogP contribution is 2.47. The topological polar surface area (TPSA) is 73.2 Å². The van der Waals surface area contributed by atoms with E-state index in [1.807, 2.05) is 65.0 Å². The molecule has 4 aromatic rings. The molecule has 0 radical (unpaired) electrons. The Kier molecular flexibility index (Phi) is 6.12. The maximum atomic E-state index is 10.2. The van der Waals surface area contributed by atoms with Gasteiger partial charge in [0.1, 0.15) is 23.0 Å². The van der Waals surface area contributed by atoms with Crippen molar-refractivity contribution in [3.63, 3.8) is 0 Å². The Balaban J connectivity index is 2.00. The van der Waals surface area contributed by atoms with Gasteiger partial charge in [-0.05, 0) is 105 Å². The zero-order chi connectivity index (χ0) is 24.6. The van der Waals surface area contributed by atoms with E-state index in [0.29, 0.717) is 17.1 Å². The van der Waals surface area contributed by atoms with E-state index in [9.17, 15) is 15.3 Å². The van der Waals surface area contributed by atoms with E-state index in [1.54, 1.807) is 36.4 Å². The standard InChI is InChI=1S/C29H29NO4/c1-17-13-22(31)14-18(2)28(17)30(29-19(3)15-23(32)16-20(29)4)24-9-6-7-11-27(24)34-26-12-8-10-25(33)21(26)5/h6-16,31-33H,1-5H3. The number of ether oxygens (including phenoxy) is 1. The second-order valence-electron chi connectivity index (χ2n) is 8.66. The zero-order valence-electron chi connectivity index (χ0n) is 20.0. The molecule has 0 unspecified atom stereocenters. The van der Waals surface area contributed by atoms with Gasteiger partial charge < -0.3 is 25.0 Å². The van der Waals surface area contributed by atoms with Crippen LogP contribution in [0.3, 0.4) is 0 Å². The third kappa shape index (κ3) is 4.25. The maximum absolute atomic E-state index is 10.2. The SMILES string of the molecule is Cc1cc(O)cc(C)c1N(c1ccccc1Oc1cccc(O)c1C)c1c(C)cc(O)cc1C. The van der Waals surface area contributed by atoms with Crippen LogP contribution in [0.5, 0.6) is 28.7 Å². The molecule has 0 aromatic heterocycles. The van der Waals surface area contributed by atoms with Crippen molar-refractivity contribution in [3.05, 3.63) is 94.5 Å². The molecule has 174 valence electrons. The quantitative estimate of drug-likeness (QED) is 0.289. The first-order chi connectivity index (χ1) is 16.2. The number of rotatable bonds is 5. The smallest absolute Gasteiger partial charge is 0.151 e. The van der Waals surface area contributed by atoms with Gasteiger partial charge in [-0.3, -0.25) is 0 Å². The summed E-state index contributed by atoms with van der Waals surface area (Å²) in [6.07, 6.45) is 0. The molecule has 0 atom stereocenters. The fraction of sp³-hybridized carbons (Fsp3) is 0.172. The summed E-state index contributed by atoms with van der Waals surface area (Å²) in [5.41, 5.74) is 6.86. The minimum atomic E-state index is 0.169. The summed E-state index contributed by atoms with van der Waals surface area (Å²) in [6, 6.07) is 19.9. The average Bonchev–Trinajstić information content (AvgIpc) is 2.75. The van der Waals surface area contributed by atoms with Crippen LogP contribution in [-0.4, -0.2) is 15.3 Å². The molecule has 0 heterocycles. The first-order valence-corrected chi connectivity index (χ1v) is 11.1. The fourth-order valence-corrected chi connectivity index (χ4v) is 4.48. The molecule has 4 rings (SSSR count). The van der Waals surface area contributed by atoms with Crippen LogP contribution in [0.4, 0.5) is 17.1 Å². The fourth-order valence-electron chi connectivity index (χ4n) is 4.48. The lowest BCUT2D eigenvalue weighted by Crippen LogP contribution is -2.16. The third-order valence-electron chi connectivity index (χ3n) is 5.98. The van der Waals surface area contributed by atoms with Gasteiger partial charge in [-0.1, -0.05) is 18.2 Å². The molecule has 0 amide bonds. The molecule has 0 bridgehead atoms. The van der Waals surface area contributed by atoms with Crippen molar-refractivity contribution in [2.45, 2.75) is 34.6 Å². The second-order valence-corrected chi connectivity index (χ2v) is 8.66. The Morgan fingerprint density at radius 1 is 0.588 bits per heavy atom. The van der Waals surface area contributed by atoms with Gasteiger partial charge in [0.25, 0.3) is 0 Å². The molecule has 0 aliphatic heterocycles. The summed E-state index contributed by atoms with van der Waals surface area (Å²) in [5, 5.41) is 30.6. The van der Waals surface area contributed by atoms with E-state index in [4.69, 9.17) is 4.74 Å². The molecule has 0 fully saturated rings. The van der Waals surface area contributed by atoms with Crippen LogP contribution in [0.15, 0.2) is 66.7 Å². The van der Waals surface area contributed by atoms with E-state index >= 15 is 0 Å². The lowest BCUT2D eigenvalue weighted by molar-refractivity contribution is 0.448. The Morgan fingerprint density at radius 2 is 1.06 bits per heavy atom. The number of benzene rings is 4. The minimum absolute atomic E-state index is 0.169. The number of para-hydroxylation sites is 2. The molecule has 4 aromatic carbocycles. The van der Waals surface area contributed by atoms with Crippen molar-refractivity contribution in [3.8, 4) is 28.7 Å². The number of hydrogen-bond acceptors (Lipinski definition) is 5. The van der Waals surface area contributed by atoms with Crippen molar-refractivity contribution >= 4 is 17.1 Å². The maximum Gasteiger partial charge on any atom is 0.151 e. The third-order valence-corrected chi connectivity index (χ3v) is 5.98. The normalized spacial score (nSPS) is 10.9. The molecule has 3 N–H and O–H groups in total. The van der Waals surface area contributed by atoms with Gasteiger partial charge in [-0.15, -0.1) is 0 Å². The molecular formula is C29H29NO4. The van der Waals surface area contributed by atoms with Crippen molar-refractivity contribution in [1.82, 2.24) is 0 Å². The Morgan fingerprint density at radius 3 is 1.59 bits per heavy atom. The lowest BCUT2D eigenvalue weighted by atomic mass is 10.0. The molecule has 5 nitrogen and oxygen atoms in total. The first kappa shape index (κ1) is 23.1. The molecule has 5 heteroatoms. The highest BCUT2D eigenvalue weighted by molar-refractivity contribution is 5.86. The number of nitrogens with zero attached hydrogens (tertiary/aromatic N) is 1. The van der Waals surface area contributed by atoms with Crippen LogP contribution in [-0.2, 0) is 0 Å². The molecule has 34 heavy (non-hydrogen) atoms. The number of hydrogen-bond donors (Lipinski definition) is 3. The monoisotopic (exact) mass is 455 g/mol. The summed E-state index contributed by atoms with van der Waals surface area (Å²) < 4.78 is 6.35. The van der Waals surface area contributed by atoms with E-state index in [2.05, 4.69) is 4.90 Å². The Bertz CT molecular complexity index is 1270. The van der Waals surface area contributed by atoms with Crippen molar-refractivity contribution in [1.29, 1.82) is 0 Å². The Hall–Kier alpha value is -4.12. The summed E-state index contributed by atoms with van der Waals surface area (Å²) in [6.45, 7) is 9.66. The van der Waals surface area contributed by atoms with Gasteiger partial charge in [0.05, 0.1) is 17.1 Å². The van der Waals surface area contributed by atoms with Crippen LogP contribution in [0.25, 0.3) is 0 Å². The van der Waals surface area contributed by atoms with Gasteiger partial charge in [-0.2, -0.15) is 0 Å². The number of phenols is 3. The van der Waals surface area contributed by atoms with Gasteiger partial charge in [0.15, 0.2) is 5.75 Å². The van der Waals surface area contributed by atoms with Crippen molar-refractivity contribution in [2.24, 2.45) is 0 Å². The highest BCUT2D eigenvalue weighted by atomic mass is 16.5. The van der Waals surface area contributed by atoms with Crippen molar-refractivity contribution in [2.75, 3.05) is 4.90 Å². The number of aromatic hydroxyl groups is 3. The first-order valence-electron chi connectivity index (χ1n) is 11.1. The van der Waals surface area contributed by atoms with E-state index < -0.39 is 0 Å². The van der Waals surface area contributed by atoms with Gasteiger partial charge in [0.2, 0.25) is 0 Å². The highest BCUT2D eigenvalue weighted by Gasteiger charge is 2.24. The number of aryl methyl sites for hydroxylation is 4. The molecule has 0 saturated carbocycles. The summed E-state index contributed by atoms with van der Waals surface area (Å²) in [4.78, 5) is 2.11. The van der Waals surface area contributed by atoms with Gasteiger partial charge in [0, 0.05) is 5.56 Å².